The Hall–Kier alpha value is -2.73. The molecule has 1 heterocycles. The summed E-state index contributed by atoms with van der Waals surface area (Å²) in [6, 6.07) is 14.6. The quantitative estimate of drug-likeness (QED) is 0.754. The Kier molecular flexibility index (Phi) is 6.99. The molecule has 0 fully saturated rings. The topological polar surface area (TPSA) is 61.9 Å². The van der Waals surface area contributed by atoms with Gasteiger partial charge in [-0.1, -0.05) is 23.7 Å². The van der Waals surface area contributed by atoms with Gasteiger partial charge in [0.15, 0.2) is 0 Å². The van der Waals surface area contributed by atoms with E-state index in [1.54, 1.807) is 36.2 Å². The van der Waals surface area contributed by atoms with E-state index in [0.717, 1.165) is 24.5 Å². The second-order valence-electron chi connectivity index (χ2n) is 7.03. The number of amides is 2. The number of anilines is 1. The summed E-state index contributed by atoms with van der Waals surface area (Å²) < 4.78 is 6.08. The van der Waals surface area contributed by atoms with E-state index in [1.807, 2.05) is 24.3 Å². The number of hydrogen-bond acceptors (Lipinski definition) is 4. The molecule has 1 atom stereocenters. The maximum absolute atomic E-state index is 12.5. The molecule has 0 spiro atoms. The SMILES string of the molecule is CCN1C[C@@H](CN(C)C(=O)CCNC(=O)c2ccc(Cl)cc2)Oc2ccccc21. The molecule has 6 nitrogen and oxygen atoms in total. The Bertz CT molecular complexity index is 857. The van der Waals surface area contributed by atoms with Crippen molar-refractivity contribution < 1.29 is 14.3 Å². The maximum atomic E-state index is 12.5. The molecular weight excluding hydrogens is 390 g/mol. The van der Waals surface area contributed by atoms with E-state index in [-0.39, 0.29) is 30.9 Å². The van der Waals surface area contributed by atoms with Crippen LogP contribution in [0.5, 0.6) is 5.75 Å². The first-order chi connectivity index (χ1) is 14.0. The zero-order chi connectivity index (χ0) is 20.8. The average Bonchev–Trinajstić information content (AvgIpc) is 2.73. The fraction of sp³-hybridized carbons (Fsp3) is 0.364. The van der Waals surface area contributed by atoms with Gasteiger partial charge in [0.05, 0.1) is 18.8 Å². The third-order valence-electron chi connectivity index (χ3n) is 4.94. The number of benzene rings is 2. The lowest BCUT2D eigenvalue weighted by molar-refractivity contribution is -0.130. The summed E-state index contributed by atoms with van der Waals surface area (Å²) in [5.41, 5.74) is 1.61. The first-order valence-electron chi connectivity index (χ1n) is 9.76. The molecule has 0 saturated heterocycles. The summed E-state index contributed by atoms with van der Waals surface area (Å²) in [4.78, 5) is 28.5. The molecule has 7 heteroatoms. The van der Waals surface area contributed by atoms with E-state index in [0.29, 0.717) is 17.1 Å². The van der Waals surface area contributed by atoms with Crippen LogP contribution in [0.3, 0.4) is 0 Å². The molecule has 0 aliphatic carbocycles. The normalized spacial score (nSPS) is 15.3. The first kappa shape index (κ1) is 21.0. The lowest BCUT2D eigenvalue weighted by atomic mass is 10.1. The highest BCUT2D eigenvalue weighted by Gasteiger charge is 2.26. The van der Waals surface area contributed by atoms with Crippen molar-refractivity contribution in [2.75, 3.05) is 38.1 Å². The van der Waals surface area contributed by atoms with Crippen LogP contribution in [0.15, 0.2) is 48.5 Å². The molecule has 2 aromatic rings. The number of nitrogens with zero attached hydrogens (tertiary/aromatic N) is 2. The minimum atomic E-state index is -0.220. The molecule has 0 radical (unpaired) electrons. The summed E-state index contributed by atoms with van der Waals surface area (Å²) in [6.07, 6.45) is 0.138. The van der Waals surface area contributed by atoms with Crippen LogP contribution >= 0.6 is 11.6 Å². The van der Waals surface area contributed by atoms with E-state index in [4.69, 9.17) is 16.3 Å². The molecule has 0 unspecified atom stereocenters. The molecule has 1 aliphatic heterocycles. The monoisotopic (exact) mass is 415 g/mol. The van der Waals surface area contributed by atoms with Gasteiger partial charge in [-0.3, -0.25) is 9.59 Å². The van der Waals surface area contributed by atoms with Crippen LogP contribution in [-0.4, -0.2) is 56.0 Å². The Labute approximate surface area is 176 Å². The van der Waals surface area contributed by atoms with Crippen molar-refractivity contribution in [3.8, 4) is 5.75 Å². The Balaban J connectivity index is 1.47. The van der Waals surface area contributed by atoms with Crippen molar-refractivity contribution in [3.05, 3.63) is 59.1 Å². The average molecular weight is 416 g/mol. The summed E-state index contributed by atoms with van der Waals surface area (Å²) in [7, 11) is 1.77. The van der Waals surface area contributed by atoms with Gasteiger partial charge in [0.2, 0.25) is 5.91 Å². The molecule has 2 amide bonds. The Morgan fingerprint density at radius 3 is 2.66 bits per heavy atom. The molecule has 1 aliphatic rings. The molecular formula is C22H26ClN3O3. The molecule has 0 bridgehead atoms. The van der Waals surface area contributed by atoms with Gasteiger partial charge in [-0.25, -0.2) is 0 Å². The summed E-state index contributed by atoms with van der Waals surface area (Å²) in [5.74, 6) is 0.594. The molecule has 0 aromatic heterocycles. The lowest BCUT2D eigenvalue weighted by Gasteiger charge is -2.37. The van der Waals surface area contributed by atoms with Crippen LogP contribution in [-0.2, 0) is 4.79 Å². The van der Waals surface area contributed by atoms with E-state index in [2.05, 4.69) is 17.1 Å². The second kappa shape index (κ2) is 9.65. The van der Waals surface area contributed by atoms with Crippen LogP contribution in [0, 0.1) is 0 Å². The minimum absolute atomic E-state index is 0.0353. The molecule has 2 aromatic carbocycles. The van der Waals surface area contributed by atoms with Crippen molar-refractivity contribution in [2.24, 2.45) is 0 Å². The van der Waals surface area contributed by atoms with Crippen molar-refractivity contribution in [1.29, 1.82) is 0 Å². The smallest absolute Gasteiger partial charge is 0.251 e. The molecule has 1 N–H and O–H groups in total. The third kappa shape index (κ3) is 5.41. The number of rotatable bonds is 7. The predicted molar refractivity (Wildman–Crippen MR) is 115 cm³/mol. The van der Waals surface area contributed by atoms with Crippen molar-refractivity contribution >= 4 is 29.1 Å². The van der Waals surface area contributed by atoms with Crippen LogP contribution in [0.1, 0.15) is 23.7 Å². The van der Waals surface area contributed by atoms with E-state index < -0.39 is 0 Å². The summed E-state index contributed by atoms with van der Waals surface area (Å²) in [6.45, 7) is 4.50. The molecule has 29 heavy (non-hydrogen) atoms. The van der Waals surface area contributed by atoms with E-state index in [9.17, 15) is 9.59 Å². The molecule has 0 saturated carbocycles. The van der Waals surface area contributed by atoms with Gasteiger partial charge < -0.3 is 19.9 Å². The van der Waals surface area contributed by atoms with Gasteiger partial charge in [0.25, 0.3) is 5.91 Å². The fourth-order valence-electron chi connectivity index (χ4n) is 3.36. The number of carbonyl (C=O) groups is 2. The fourth-order valence-corrected chi connectivity index (χ4v) is 3.48. The minimum Gasteiger partial charge on any atom is -0.485 e. The zero-order valence-electron chi connectivity index (χ0n) is 16.7. The largest absolute Gasteiger partial charge is 0.485 e. The Morgan fingerprint density at radius 1 is 1.21 bits per heavy atom. The molecule has 3 rings (SSSR count). The van der Waals surface area contributed by atoms with Crippen LogP contribution in [0.25, 0.3) is 0 Å². The predicted octanol–water partition coefficient (Wildman–Crippen LogP) is 3.21. The molecule has 154 valence electrons. The maximum Gasteiger partial charge on any atom is 0.251 e. The van der Waals surface area contributed by atoms with Gasteiger partial charge in [0.1, 0.15) is 11.9 Å². The van der Waals surface area contributed by atoms with Gasteiger partial charge in [-0.15, -0.1) is 0 Å². The summed E-state index contributed by atoms with van der Waals surface area (Å²) in [5, 5.41) is 3.34. The number of carbonyl (C=O) groups excluding carboxylic acids is 2. The number of halogens is 1. The van der Waals surface area contributed by atoms with Gasteiger partial charge in [0, 0.05) is 37.1 Å². The number of hydrogen-bond donors (Lipinski definition) is 1. The lowest BCUT2D eigenvalue weighted by Crippen LogP contribution is -2.47. The third-order valence-corrected chi connectivity index (χ3v) is 5.19. The van der Waals surface area contributed by atoms with Crippen LogP contribution in [0.2, 0.25) is 5.02 Å². The summed E-state index contributed by atoms with van der Waals surface area (Å²) >= 11 is 5.83. The number of para-hydroxylation sites is 2. The highest BCUT2D eigenvalue weighted by Crippen LogP contribution is 2.32. The van der Waals surface area contributed by atoms with Gasteiger partial charge in [-0.2, -0.15) is 0 Å². The highest BCUT2D eigenvalue weighted by atomic mass is 35.5. The van der Waals surface area contributed by atoms with Gasteiger partial charge >= 0.3 is 0 Å². The van der Waals surface area contributed by atoms with Crippen LogP contribution < -0.4 is 15.0 Å². The standard InChI is InChI=1S/C22H26ClN3O3/c1-3-26-15-18(29-20-7-5-4-6-19(20)26)14-25(2)21(27)12-13-24-22(28)16-8-10-17(23)11-9-16/h4-11,18H,3,12-15H2,1-2H3,(H,24,28)/t18-/m1/s1. The van der Waals surface area contributed by atoms with Gasteiger partial charge in [-0.05, 0) is 43.3 Å². The van der Waals surface area contributed by atoms with E-state index in [1.165, 1.54) is 0 Å². The van der Waals surface area contributed by atoms with Crippen molar-refractivity contribution in [3.63, 3.8) is 0 Å². The van der Waals surface area contributed by atoms with Crippen molar-refractivity contribution in [1.82, 2.24) is 10.2 Å². The number of nitrogens with one attached hydrogen (secondary N) is 1. The number of ether oxygens (including phenoxy) is 1. The first-order valence-corrected chi connectivity index (χ1v) is 10.1. The second-order valence-corrected chi connectivity index (χ2v) is 7.47. The highest BCUT2D eigenvalue weighted by molar-refractivity contribution is 6.30. The van der Waals surface area contributed by atoms with E-state index >= 15 is 0 Å². The number of fused-ring (bicyclic) bond motifs is 1. The number of likely N-dealkylation sites (N-methyl/N-ethyl adjacent to an activating group) is 2. The van der Waals surface area contributed by atoms with Crippen LogP contribution in [0.4, 0.5) is 5.69 Å². The van der Waals surface area contributed by atoms with Crippen molar-refractivity contribution in [2.45, 2.75) is 19.4 Å². The zero-order valence-corrected chi connectivity index (χ0v) is 17.5. The Morgan fingerprint density at radius 2 is 1.93 bits per heavy atom.